The molecule has 1 heterocycles. The van der Waals surface area contributed by atoms with Gasteiger partial charge in [0.2, 0.25) is 11.8 Å². The van der Waals surface area contributed by atoms with Gasteiger partial charge in [-0.05, 0) is 55.5 Å². The Bertz CT molecular complexity index is 831. The highest BCUT2D eigenvalue weighted by Crippen LogP contribution is 2.34. The molecule has 7 heteroatoms. The Hall–Kier alpha value is -2.93. The van der Waals surface area contributed by atoms with Crippen molar-refractivity contribution in [3.05, 3.63) is 60.4 Å². The molecule has 31 heavy (non-hydrogen) atoms. The first kappa shape index (κ1) is 22.7. The molecule has 0 saturated heterocycles. The number of methoxy groups -OCH3 is 1. The predicted molar refractivity (Wildman–Crippen MR) is 117 cm³/mol. The van der Waals surface area contributed by atoms with Crippen LogP contribution in [0.2, 0.25) is 0 Å². The zero-order chi connectivity index (χ0) is 22.1. The molecule has 1 fully saturated rings. The monoisotopic (exact) mass is 425 g/mol. The lowest BCUT2D eigenvalue weighted by molar-refractivity contribution is -0.137. The molecule has 2 amide bonds. The summed E-state index contributed by atoms with van der Waals surface area (Å²) >= 11 is 0. The number of hydrogen-bond donors (Lipinski definition) is 1. The molecule has 0 aliphatic heterocycles. The molecule has 0 unspecified atom stereocenters. The number of carbonyl (C=O) groups excluding carboxylic acids is 2. The first-order chi connectivity index (χ1) is 15.1. The van der Waals surface area contributed by atoms with Crippen molar-refractivity contribution in [2.45, 2.75) is 32.4 Å². The van der Waals surface area contributed by atoms with Crippen LogP contribution < -0.4 is 10.1 Å². The summed E-state index contributed by atoms with van der Waals surface area (Å²) in [6.45, 7) is 3.60. The van der Waals surface area contributed by atoms with Crippen LogP contribution >= 0.6 is 0 Å². The second-order valence-electron chi connectivity index (χ2n) is 7.88. The van der Waals surface area contributed by atoms with Crippen molar-refractivity contribution in [1.29, 1.82) is 0 Å². The van der Waals surface area contributed by atoms with Gasteiger partial charge < -0.3 is 19.7 Å². The third-order valence-electron chi connectivity index (χ3n) is 5.64. The van der Waals surface area contributed by atoms with E-state index in [1.54, 1.807) is 12.4 Å². The fourth-order valence-corrected chi connectivity index (χ4v) is 4.11. The quantitative estimate of drug-likeness (QED) is 0.633. The van der Waals surface area contributed by atoms with Crippen LogP contribution in [0.25, 0.3) is 0 Å². The topological polar surface area (TPSA) is 80.8 Å². The highest BCUT2D eigenvalue weighted by molar-refractivity contribution is 5.82. The lowest BCUT2D eigenvalue weighted by atomic mass is 10.0. The van der Waals surface area contributed by atoms with Gasteiger partial charge in [-0.1, -0.05) is 18.2 Å². The Kier molecular flexibility index (Phi) is 8.41. The Morgan fingerprint density at radius 3 is 2.55 bits per heavy atom. The van der Waals surface area contributed by atoms with E-state index in [2.05, 4.69) is 10.3 Å². The van der Waals surface area contributed by atoms with Crippen molar-refractivity contribution < 1.29 is 19.1 Å². The molecule has 0 bridgehead atoms. The fraction of sp³-hybridized carbons (Fsp3) is 0.458. The molecule has 1 aromatic heterocycles. The minimum absolute atomic E-state index is 0.0168. The third-order valence-corrected chi connectivity index (χ3v) is 5.64. The van der Waals surface area contributed by atoms with E-state index in [-0.39, 0.29) is 36.3 Å². The molecule has 0 spiro atoms. The van der Waals surface area contributed by atoms with Crippen LogP contribution in [0.4, 0.5) is 0 Å². The van der Waals surface area contributed by atoms with E-state index >= 15 is 0 Å². The largest absolute Gasteiger partial charge is 0.493 e. The molecular formula is C24H31N3O4. The minimum Gasteiger partial charge on any atom is -0.493 e. The maximum atomic E-state index is 13.4. The first-order valence-corrected chi connectivity index (χ1v) is 10.7. The van der Waals surface area contributed by atoms with Gasteiger partial charge in [0.15, 0.2) is 0 Å². The second kappa shape index (κ2) is 11.5. The number of nitrogens with one attached hydrogen (secondary N) is 1. The van der Waals surface area contributed by atoms with Gasteiger partial charge in [-0.15, -0.1) is 0 Å². The van der Waals surface area contributed by atoms with Crippen LogP contribution in [0.15, 0.2) is 54.9 Å². The number of amides is 2. The van der Waals surface area contributed by atoms with Crippen LogP contribution in [0.1, 0.15) is 25.3 Å². The van der Waals surface area contributed by atoms with E-state index in [1.165, 1.54) is 7.11 Å². The van der Waals surface area contributed by atoms with Crippen LogP contribution in [0.3, 0.4) is 0 Å². The molecule has 166 valence electrons. The van der Waals surface area contributed by atoms with Gasteiger partial charge in [0.05, 0.1) is 12.5 Å². The molecule has 0 radical (unpaired) electrons. The summed E-state index contributed by atoms with van der Waals surface area (Å²) in [5, 5.41) is 3.00. The molecular weight excluding hydrogens is 394 g/mol. The summed E-state index contributed by atoms with van der Waals surface area (Å²) in [6, 6.07) is 13.3. The highest BCUT2D eigenvalue weighted by Gasteiger charge is 2.41. The van der Waals surface area contributed by atoms with E-state index in [0.29, 0.717) is 32.5 Å². The number of rotatable bonds is 10. The van der Waals surface area contributed by atoms with Crippen molar-refractivity contribution in [3.63, 3.8) is 0 Å². The zero-order valence-electron chi connectivity index (χ0n) is 18.2. The van der Waals surface area contributed by atoms with Crippen LogP contribution in [0.5, 0.6) is 5.75 Å². The van der Waals surface area contributed by atoms with Crippen molar-refractivity contribution >= 4 is 11.8 Å². The molecule has 1 aromatic carbocycles. The van der Waals surface area contributed by atoms with E-state index in [9.17, 15) is 9.59 Å². The molecule has 3 atom stereocenters. The zero-order valence-corrected chi connectivity index (χ0v) is 18.2. The molecule has 2 aromatic rings. The van der Waals surface area contributed by atoms with E-state index in [0.717, 1.165) is 11.3 Å². The van der Waals surface area contributed by atoms with Gasteiger partial charge in [0.1, 0.15) is 12.4 Å². The maximum Gasteiger partial charge on any atom is 0.246 e. The van der Waals surface area contributed by atoms with Gasteiger partial charge in [-0.2, -0.15) is 0 Å². The van der Waals surface area contributed by atoms with Gasteiger partial charge in [-0.25, -0.2) is 0 Å². The number of carbonyl (C=O) groups is 2. The van der Waals surface area contributed by atoms with Crippen molar-refractivity contribution in [2.75, 3.05) is 26.9 Å². The molecule has 3 rings (SSSR count). The van der Waals surface area contributed by atoms with Crippen molar-refractivity contribution in [1.82, 2.24) is 15.2 Å². The lowest BCUT2D eigenvalue weighted by Gasteiger charge is -2.28. The standard InChI is InChI=1S/C24H31N3O4/c1-3-27(15-18-9-11-25-12-10-18)24(29)21-13-19(14-22(21)26-23(28)17-30-2)16-31-20-7-5-4-6-8-20/h4-12,19,21-22H,3,13-17H2,1-2H3,(H,26,28)/t19-,21-,22-/m1/s1. The molecule has 1 aliphatic rings. The summed E-state index contributed by atoms with van der Waals surface area (Å²) in [6.07, 6.45) is 4.84. The Morgan fingerprint density at radius 1 is 1.13 bits per heavy atom. The highest BCUT2D eigenvalue weighted by atomic mass is 16.5. The summed E-state index contributed by atoms with van der Waals surface area (Å²) < 4.78 is 10.9. The SMILES string of the molecule is CCN(Cc1ccncc1)C(=O)[C@@H]1C[C@@H](COc2ccccc2)C[C@H]1NC(=O)COC. The molecule has 1 saturated carbocycles. The average Bonchev–Trinajstić information content (AvgIpc) is 3.19. The van der Waals surface area contributed by atoms with Gasteiger partial charge in [0.25, 0.3) is 0 Å². The Labute approximate surface area is 183 Å². The first-order valence-electron chi connectivity index (χ1n) is 10.7. The molecule has 1 N–H and O–H groups in total. The number of ether oxygens (including phenoxy) is 2. The number of pyridine rings is 1. The lowest BCUT2D eigenvalue weighted by Crippen LogP contribution is -2.46. The summed E-state index contributed by atoms with van der Waals surface area (Å²) in [5.41, 5.74) is 1.03. The summed E-state index contributed by atoms with van der Waals surface area (Å²) in [7, 11) is 1.49. The molecule has 7 nitrogen and oxygen atoms in total. The van der Waals surface area contributed by atoms with Crippen molar-refractivity contribution in [3.8, 4) is 5.75 Å². The van der Waals surface area contributed by atoms with E-state index in [1.807, 2.05) is 54.3 Å². The second-order valence-corrected chi connectivity index (χ2v) is 7.88. The van der Waals surface area contributed by atoms with Gasteiger partial charge in [-0.3, -0.25) is 14.6 Å². The number of aromatic nitrogens is 1. The minimum atomic E-state index is -0.285. The number of para-hydroxylation sites is 1. The van der Waals surface area contributed by atoms with Crippen molar-refractivity contribution in [2.24, 2.45) is 11.8 Å². The fourth-order valence-electron chi connectivity index (χ4n) is 4.11. The van der Waals surface area contributed by atoms with E-state index in [4.69, 9.17) is 9.47 Å². The number of hydrogen-bond acceptors (Lipinski definition) is 5. The number of benzene rings is 1. The van der Waals surface area contributed by atoms with Crippen LogP contribution in [0, 0.1) is 11.8 Å². The van der Waals surface area contributed by atoms with Gasteiger partial charge >= 0.3 is 0 Å². The van der Waals surface area contributed by atoms with Gasteiger partial charge in [0, 0.05) is 38.6 Å². The average molecular weight is 426 g/mol. The van der Waals surface area contributed by atoms with Crippen LogP contribution in [-0.4, -0.2) is 54.6 Å². The van der Waals surface area contributed by atoms with Crippen LogP contribution in [-0.2, 0) is 20.9 Å². The smallest absolute Gasteiger partial charge is 0.246 e. The predicted octanol–water partition coefficient (Wildman–Crippen LogP) is 2.67. The number of nitrogens with zero attached hydrogens (tertiary/aromatic N) is 2. The Morgan fingerprint density at radius 2 is 1.87 bits per heavy atom. The summed E-state index contributed by atoms with van der Waals surface area (Å²) in [4.78, 5) is 31.5. The van der Waals surface area contributed by atoms with E-state index < -0.39 is 0 Å². The maximum absolute atomic E-state index is 13.4. The normalized spacial score (nSPS) is 20.3. The summed E-state index contributed by atoms with van der Waals surface area (Å²) in [5.74, 6) is 0.565. The third kappa shape index (κ3) is 6.52. The molecule has 1 aliphatic carbocycles. The Balaban J connectivity index is 1.68.